The molecule has 0 unspecified atom stereocenters. The molecule has 0 spiro atoms. The molecule has 0 heterocycles. The van der Waals surface area contributed by atoms with E-state index in [4.69, 9.17) is 0 Å². The summed E-state index contributed by atoms with van der Waals surface area (Å²) in [7, 11) is 0. The Balaban J connectivity index is 2.28. The maximum absolute atomic E-state index is 12.2. The summed E-state index contributed by atoms with van der Waals surface area (Å²) in [6.07, 6.45) is 0. The minimum atomic E-state index is -0.0539. The molecule has 0 bridgehead atoms. The van der Waals surface area contributed by atoms with Crippen molar-refractivity contribution >= 4 is 11.6 Å². The third-order valence-electron chi connectivity index (χ3n) is 3.33. The Kier molecular flexibility index (Phi) is 3.47. The number of aryl methyl sites for hydroxylation is 1. The van der Waals surface area contributed by atoms with Gasteiger partial charge in [-0.05, 0) is 55.7 Å². The van der Waals surface area contributed by atoms with Gasteiger partial charge in [0.1, 0.15) is 0 Å². The van der Waals surface area contributed by atoms with Gasteiger partial charge in [-0.3, -0.25) is 4.79 Å². The van der Waals surface area contributed by atoms with E-state index in [0.29, 0.717) is 0 Å². The third kappa shape index (κ3) is 2.43. The standard InChI is InChI=1S/C16H17NO/c1-11-9-10-15(13(3)12(11)2)16(18)17-14-7-5-4-6-8-14/h4-10H,1-3H3,(H,17,18). The molecule has 0 aliphatic rings. The SMILES string of the molecule is Cc1ccc(C(=O)Nc2ccccc2)c(C)c1C. The van der Waals surface area contributed by atoms with Crippen LogP contribution < -0.4 is 5.32 Å². The number of hydrogen-bond acceptors (Lipinski definition) is 1. The lowest BCUT2D eigenvalue weighted by atomic mass is 9.98. The maximum atomic E-state index is 12.2. The topological polar surface area (TPSA) is 29.1 Å². The molecular weight excluding hydrogens is 222 g/mol. The fourth-order valence-corrected chi connectivity index (χ4v) is 1.92. The molecule has 2 aromatic carbocycles. The van der Waals surface area contributed by atoms with E-state index in [-0.39, 0.29) is 5.91 Å². The minimum absolute atomic E-state index is 0.0539. The molecule has 1 N–H and O–H groups in total. The van der Waals surface area contributed by atoms with E-state index in [1.807, 2.05) is 56.3 Å². The highest BCUT2D eigenvalue weighted by atomic mass is 16.1. The summed E-state index contributed by atoms with van der Waals surface area (Å²) in [6.45, 7) is 6.09. The molecule has 0 aliphatic carbocycles. The lowest BCUT2D eigenvalue weighted by molar-refractivity contribution is 0.102. The zero-order valence-corrected chi connectivity index (χ0v) is 10.9. The van der Waals surface area contributed by atoms with Crippen LogP contribution >= 0.6 is 0 Å². The highest BCUT2D eigenvalue weighted by Gasteiger charge is 2.11. The van der Waals surface area contributed by atoms with Gasteiger partial charge in [-0.25, -0.2) is 0 Å². The molecule has 18 heavy (non-hydrogen) atoms. The number of para-hydroxylation sites is 1. The van der Waals surface area contributed by atoms with Crippen LogP contribution in [0.3, 0.4) is 0 Å². The molecule has 0 fully saturated rings. The Morgan fingerprint density at radius 1 is 0.889 bits per heavy atom. The van der Waals surface area contributed by atoms with Crippen molar-refractivity contribution in [3.05, 3.63) is 64.7 Å². The Bertz CT molecular complexity index is 573. The number of carbonyl (C=O) groups is 1. The van der Waals surface area contributed by atoms with Crippen LogP contribution in [-0.2, 0) is 0 Å². The van der Waals surface area contributed by atoms with Crippen LogP contribution in [-0.4, -0.2) is 5.91 Å². The number of benzene rings is 2. The van der Waals surface area contributed by atoms with Gasteiger partial charge in [0.05, 0.1) is 0 Å². The molecule has 0 saturated heterocycles. The number of rotatable bonds is 2. The molecule has 2 aromatic rings. The van der Waals surface area contributed by atoms with Gasteiger partial charge >= 0.3 is 0 Å². The monoisotopic (exact) mass is 239 g/mol. The molecule has 92 valence electrons. The summed E-state index contributed by atoms with van der Waals surface area (Å²) in [5.41, 5.74) is 4.99. The fraction of sp³-hybridized carbons (Fsp3) is 0.188. The average molecular weight is 239 g/mol. The van der Waals surface area contributed by atoms with Gasteiger partial charge in [0.2, 0.25) is 0 Å². The van der Waals surface area contributed by atoms with Gasteiger partial charge in [0, 0.05) is 11.3 Å². The van der Waals surface area contributed by atoms with E-state index >= 15 is 0 Å². The maximum Gasteiger partial charge on any atom is 0.255 e. The molecule has 2 nitrogen and oxygen atoms in total. The molecular formula is C16H17NO. The predicted molar refractivity (Wildman–Crippen MR) is 75.0 cm³/mol. The van der Waals surface area contributed by atoms with Gasteiger partial charge < -0.3 is 5.32 Å². The van der Waals surface area contributed by atoms with Crippen LogP contribution in [0.25, 0.3) is 0 Å². The first kappa shape index (κ1) is 12.4. The zero-order valence-electron chi connectivity index (χ0n) is 10.9. The van der Waals surface area contributed by atoms with Crippen molar-refractivity contribution in [2.45, 2.75) is 20.8 Å². The third-order valence-corrected chi connectivity index (χ3v) is 3.33. The molecule has 0 atom stereocenters. The smallest absolute Gasteiger partial charge is 0.255 e. The van der Waals surface area contributed by atoms with Crippen molar-refractivity contribution in [2.75, 3.05) is 5.32 Å². The first-order valence-electron chi connectivity index (χ1n) is 6.03. The molecule has 0 aliphatic heterocycles. The number of hydrogen-bond donors (Lipinski definition) is 1. The van der Waals surface area contributed by atoms with Gasteiger partial charge in [-0.15, -0.1) is 0 Å². The van der Waals surface area contributed by atoms with Crippen LogP contribution in [0.1, 0.15) is 27.0 Å². The normalized spacial score (nSPS) is 10.2. The van der Waals surface area contributed by atoms with Crippen LogP contribution in [0, 0.1) is 20.8 Å². The van der Waals surface area contributed by atoms with Gasteiger partial charge in [0.25, 0.3) is 5.91 Å². The zero-order chi connectivity index (χ0) is 13.1. The van der Waals surface area contributed by atoms with Crippen molar-refractivity contribution in [3.63, 3.8) is 0 Å². The Morgan fingerprint density at radius 2 is 1.56 bits per heavy atom. The van der Waals surface area contributed by atoms with Crippen LogP contribution in [0.15, 0.2) is 42.5 Å². The fourth-order valence-electron chi connectivity index (χ4n) is 1.92. The van der Waals surface area contributed by atoms with E-state index in [1.165, 1.54) is 11.1 Å². The largest absolute Gasteiger partial charge is 0.322 e. The summed E-state index contributed by atoms with van der Waals surface area (Å²) < 4.78 is 0. The van der Waals surface area contributed by atoms with Crippen molar-refractivity contribution in [3.8, 4) is 0 Å². The first-order chi connectivity index (χ1) is 8.59. The lowest BCUT2D eigenvalue weighted by Crippen LogP contribution is -2.14. The first-order valence-corrected chi connectivity index (χ1v) is 6.03. The van der Waals surface area contributed by atoms with Crippen LogP contribution in [0.5, 0.6) is 0 Å². The summed E-state index contributed by atoms with van der Waals surface area (Å²) in [5, 5.41) is 2.91. The second-order valence-electron chi connectivity index (χ2n) is 4.50. The Hall–Kier alpha value is -2.09. The van der Waals surface area contributed by atoms with Gasteiger partial charge in [0.15, 0.2) is 0 Å². The van der Waals surface area contributed by atoms with Crippen LogP contribution in [0.2, 0.25) is 0 Å². The quantitative estimate of drug-likeness (QED) is 0.847. The molecule has 0 radical (unpaired) electrons. The summed E-state index contributed by atoms with van der Waals surface area (Å²) in [4.78, 5) is 12.2. The van der Waals surface area contributed by atoms with Crippen molar-refractivity contribution in [1.82, 2.24) is 0 Å². The van der Waals surface area contributed by atoms with E-state index in [1.54, 1.807) is 0 Å². The second kappa shape index (κ2) is 5.05. The summed E-state index contributed by atoms with van der Waals surface area (Å²) >= 11 is 0. The van der Waals surface area contributed by atoms with Gasteiger partial charge in [-0.2, -0.15) is 0 Å². The van der Waals surface area contributed by atoms with Crippen molar-refractivity contribution < 1.29 is 4.79 Å². The Morgan fingerprint density at radius 3 is 2.22 bits per heavy atom. The van der Waals surface area contributed by atoms with Gasteiger partial charge in [-0.1, -0.05) is 24.3 Å². The van der Waals surface area contributed by atoms with E-state index in [2.05, 4.69) is 12.2 Å². The molecule has 2 heteroatoms. The number of amides is 1. The minimum Gasteiger partial charge on any atom is -0.322 e. The molecule has 1 amide bonds. The average Bonchev–Trinajstić information content (AvgIpc) is 2.37. The molecule has 0 aromatic heterocycles. The highest BCUT2D eigenvalue weighted by molar-refractivity contribution is 6.05. The number of nitrogens with one attached hydrogen (secondary N) is 1. The summed E-state index contributed by atoms with van der Waals surface area (Å²) in [5.74, 6) is -0.0539. The van der Waals surface area contributed by atoms with Crippen LogP contribution in [0.4, 0.5) is 5.69 Å². The Labute approximate surface area is 108 Å². The lowest BCUT2D eigenvalue weighted by Gasteiger charge is -2.11. The highest BCUT2D eigenvalue weighted by Crippen LogP contribution is 2.18. The van der Waals surface area contributed by atoms with E-state index < -0.39 is 0 Å². The van der Waals surface area contributed by atoms with E-state index in [0.717, 1.165) is 16.8 Å². The van der Waals surface area contributed by atoms with E-state index in [9.17, 15) is 4.79 Å². The summed E-state index contributed by atoms with van der Waals surface area (Å²) in [6, 6.07) is 13.4. The molecule has 0 saturated carbocycles. The number of anilines is 1. The van der Waals surface area contributed by atoms with Crippen molar-refractivity contribution in [2.24, 2.45) is 0 Å². The predicted octanol–water partition coefficient (Wildman–Crippen LogP) is 3.86. The second-order valence-corrected chi connectivity index (χ2v) is 4.50. The number of carbonyl (C=O) groups excluding carboxylic acids is 1. The molecule has 2 rings (SSSR count). The van der Waals surface area contributed by atoms with Crippen molar-refractivity contribution in [1.29, 1.82) is 0 Å².